The Hall–Kier alpha value is -1.92. The summed E-state index contributed by atoms with van der Waals surface area (Å²) in [5, 5.41) is 1.92. The fraction of sp³-hybridized carbons (Fsp3) is 0.316. The van der Waals surface area contributed by atoms with Crippen molar-refractivity contribution in [2.45, 2.75) is 25.8 Å². The van der Waals surface area contributed by atoms with Crippen molar-refractivity contribution < 1.29 is 4.79 Å². The molecule has 0 spiro atoms. The van der Waals surface area contributed by atoms with Crippen LogP contribution in [0, 0.1) is 6.92 Å². The molecule has 25 heavy (non-hydrogen) atoms. The predicted molar refractivity (Wildman–Crippen MR) is 106 cm³/mol. The second kappa shape index (κ2) is 7.97. The number of amides is 1. The maximum Gasteiger partial charge on any atom is 0.232 e. The first-order chi connectivity index (χ1) is 12.1. The minimum absolute atomic E-state index is 0.151. The third kappa shape index (κ3) is 4.02. The molecule has 4 nitrogen and oxygen atoms in total. The van der Waals surface area contributed by atoms with Gasteiger partial charge in [0.1, 0.15) is 15.7 Å². The Morgan fingerprint density at radius 2 is 1.88 bits per heavy atom. The van der Waals surface area contributed by atoms with E-state index < -0.39 is 0 Å². The van der Waals surface area contributed by atoms with Gasteiger partial charge in [-0.2, -0.15) is 0 Å². The van der Waals surface area contributed by atoms with Crippen LogP contribution in [-0.4, -0.2) is 39.6 Å². The number of hydrogen-bond donors (Lipinski definition) is 0. The van der Waals surface area contributed by atoms with Crippen molar-refractivity contribution in [2.75, 3.05) is 18.8 Å². The molecular weight excluding hydrogens is 350 g/mol. The van der Waals surface area contributed by atoms with E-state index in [1.165, 1.54) is 22.2 Å². The summed E-state index contributed by atoms with van der Waals surface area (Å²) in [4.78, 5) is 25.4. The standard InChI is InChI=1S/C19H21N3OS2/c1-4-22(5-2)17(23)12-24-18-15-11-16(14-9-7-6-8-10-14)25-19(15)21-13(3)20-18/h6-11H,4-5,12H2,1-3H3. The Labute approximate surface area is 156 Å². The molecule has 0 unspecified atom stereocenters. The van der Waals surface area contributed by atoms with E-state index >= 15 is 0 Å². The third-order valence-corrected chi connectivity index (χ3v) is 6.03. The maximum absolute atomic E-state index is 12.3. The molecule has 0 atom stereocenters. The number of aryl methyl sites for hydroxylation is 1. The van der Waals surface area contributed by atoms with E-state index in [2.05, 4.69) is 28.2 Å². The van der Waals surface area contributed by atoms with Crippen LogP contribution >= 0.6 is 23.1 Å². The molecule has 0 aliphatic heterocycles. The van der Waals surface area contributed by atoms with Crippen LogP contribution in [0.2, 0.25) is 0 Å². The summed E-state index contributed by atoms with van der Waals surface area (Å²) in [5.74, 6) is 1.30. The molecule has 3 aromatic rings. The van der Waals surface area contributed by atoms with E-state index in [4.69, 9.17) is 0 Å². The fourth-order valence-corrected chi connectivity index (χ4v) is 4.75. The molecule has 0 bridgehead atoms. The molecule has 3 rings (SSSR count). The van der Waals surface area contributed by atoms with Crippen molar-refractivity contribution in [1.29, 1.82) is 0 Å². The smallest absolute Gasteiger partial charge is 0.232 e. The number of rotatable bonds is 6. The van der Waals surface area contributed by atoms with Gasteiger partial charge in [0.25, 0.3) is 0 Å². The molecule has 0 aliphatic rings. The second-order valence-electron chi connectivity index (χ2n) is 5.63. The van der Waals surface area contributed by atoms with E-state index in [0.717, 1.165) is 34.2 Å². The highest BCUT2D eigenvalue weighted by molar-refractivity contribution is 8.00. The Bertz CT molecular complexity index is 873. The van der Waals surface area contributed by atoms with E-state index in [-0.39, 0.29) is 5.91 Å². The lowest BCUT2D eigenvalue weighted by atomic mass is 10.2. The quantitative estimate of drug-likeness (QED) is 0.468. The Balaban J connectivity index is 1.90. The SMILES string of the molecule is CCN(CC)C(=O)CSc1nc(C)nc2sc(-c3ccccc3)cc12. The topological polar surface area (TPSA) is 46.1 Å². The van der Waals surface area contributed by atoms with Crippen molar-refractivity contribution >= 4 is 39.2 Å². The summed E-state index contributed by atoms with van der Waals surface area (Å²) in [6.07, 6.45) is 0. The van der Waals surface area contributed by atoms with Gasteiger partial charge in [-0.3, -0.25) is 4.79 Å². The number of thiophene rings is 1. The van der Waals surface area contributed by atoms with Crippen LogP contribution in [0.3, 0.4) is 0 Å². The Morgan fingerprint density at radius 3 is 2.56 bits per heavy atom. The van der Waals surface area contributed by atoms with Gasteiger partial charge in [0.2, 0.25) is 5.91 Å². The highest BCUT2D eigenvalue weighted by Crippen LogP contribution is 2.36. The lowest BCUT2D eigenvalue weighted by Crippen LogP contribution is -2.31. The van der Waals surface area contributed by atoms with Gasteiger partial charge >= 0.3 is 0 Å². The summed E-state index contributed by atoms with van der Waals surface area (Å²) in [5.41, 5.74) is 1.18. The zero-order valence-corrected chi connectivity index (χ0v) is 16.3. The van der Waals surface area contributed by atoms with Crippen LogP contribution in [0.15, 0.2) is 41.4 Å². The van der Waals surface area contributed by atoms with E-state index in [1.807, 2.05) is 43.9 Å². The fourth-order valence-electron chi connectivity index (χ4n) is 2.65. The van der Waals surface area contributed by atoms with E-state index in [0.29, 0.717) is 5.75 Å². The molecule has 2 heterocycles. The van der Waals surface area contributed by atoms with E-state index in [1.54, 1.807) is 11.3 Å². The van der Waals surface area contributed by atoms with Crippen LogP contribution in [0.25, 0.3) is 20.7 Å². The lowest BCUT2D eigenvalue weighted by molar-refractivity contribution is -0.127. The maximum atomic E-state index is 12.3. The minimum atomic E-state index is 0.151. The van der Waals surface area contributed by atoms with Crippen LogP contribution in [0.5, 0.6) is 0 Å². The highest BCUT2D eigenvalue weighted by Gasteiger charge is 2.15. The molecule has 1 amide bonds. The normalized spacial score (nSPS) is 11.0. The molecule has 0 saturated carbocycles. The predicted octanol–water partition coefficient (Wildman–Crippen LogP) is 4.63. The number of carbonyl (C=O) groups is 1. The summed E-state index contributed by atoms with van der Waals surface area (Å²) in [6.45, 7) is 7.39. The lowest BCUT2D eigenvalue weighted by Gasteiger charge is -2.18. The first-order valence-electron chi connectivity index (χ1n) is 8.36. The van der Waals surface area contributed by atoms with Crippen LogP contribution < -0.4 is 0 Å². The first kappa shape index (κ1) is 17.9. The van der Waals surface area contributed by atoms with Gasteiger partial charge in [0.15, 0.2) is 0 Å². The number of benzene rings is 1. The number of fused-ring (bicyclic) bond motifs is 1. The Kier molecular flexibility index (Phi) is 5.71. The van der Waals surface area contributed by atoms with E-state index in [9.17, 15) is 4.79 Å². The van der Waals surface area contributed by atoms with Crippen molar-refractivity contribution in [3.05, 3.63) is 42.2 Å². The van der Waals surface area contributed by atoms with Gasteiger partial charge in [-0.15, -0.1) is 11.3 Å². The highest BCUT2D eigenvalue weighted by atomic mass is 32.2. The number of thioether (sulfide) groups is 1. The monoisotopic (exact) mass is 371 g/mol. The molecule has 0 fully saturated rings. The largest absolute Gasteiger partial charge is 0.343 e. The molecular formula is C19H21N3OS2. The van der Waals surface area contributed by atoms with Crippen molar-refractivity contribution in [3.8, 4) is 10.4 Å². The van der Waals surface area contributed by atoms with Crippen molar-refractivity contribution in [1.82, 2.24) is 14.9 Å². The van der Waals surface area contributed by atoms with Crippen LogP contribution in [0.1, 0.15) is 19.7 Å². The molecule has 0 saturated heterocycles. The molecule has 0 radical (unpaired) electrons. The van der Waals surface area contributed by atoms with Gasteiger partial charge in [0, 0.05) is 23.4 Å². The second-order valence-corrected chi connectivity index (χ2v) is 7.62. The summed E-state index contributed by atoms with van der Waals surface area (Å²) < 4.78 is 0. The number of hydrogen-bond acceptors (Lipinski definition) is 5. The molecule has 6 heteroatoms. The first-order valence-corrected chi connectivity index (χ1v) is 10.2. The van der Waals surface area contributed by atoms with Crippen LogP contribution in [-0.2, 0) is 4.79 Å². The van der Waals surface area contributed by atoms with Gasteiger partial charge in [-0.05, 0) is 32.4 Å². The van der Waals surface area contributed by atoms with Gasteiger partial charge in [0.05, 0.1) is 5.75 Å². The van der Waals surface area contributed by atoms with Gasteiger partial charge in [-0.25, -0.2) is 9.97 Å². The average molecular weight is 372 g/mol. The number of carbonyl (C=O) groups excluding carboxylic acids is 1. The molecule has 0 N–H and O–H groups in total. The van der Waals surface area contributed by atoms with Gasteiger partial charge in [-0.1, -0.05) is 42.1 Å². The third-order valence-electron chi connectivity index (χ3n) is 3.98. The molecule has 2 aromatic heterocycles. The number of aromatic nitrogens is 2. The summed E-state index contributed by atoms with van der Waals surface area (Å²) in [7, 11) is 0. The average Bonchev–Trinajstić information content (AvgIpc) is 3.05. The minimum Gasteiger partial charge on any atom is -0.343 e. The van der Waals surface area contributed by atoms with Crippen molar-refractivity contribution in [3.63, 3.8) is 0 Å². The molecule has 0 aliphatic carbocycles. The molecule has 130 valence electrons. The number of nitrogens with zero attached hydrogens (tertiary/aromatic N) is 3. The summed E-state index contributed by atoms with van der Waals surface area (Å²) in [6, 6.07) is 12.4. The van der Waals surface area contributed by atoms with Gasteiger partial charge < -0.3 is 4.90 Å². The summed E-state index contributed by atoms with van der Waals surface area (Å²) >= 11 is 3.17. The van der Waals surface area contributed by atoms with Crippen molar-refractivity contribution in [2.24, 2.45) is 0 Å². The molecule has 1 aromatic carbocycles. The Morgan fingerprint density at radius 1 is 1.16 bits per heavy atom. The zero-order valence-electron chi connectivity index (χ0n) is 14.7. The van der Waals surface area contributed by atoms with Crippen LogP contribution in [0.4, 0.5) is 0 Å². The zero-order chi connectivity index (χ0) is 17.8.